The van der Waals surface area contributed by atoms with Crippen LogP contribution in [0.2, 0.25) is 0 Å². The summed E-state index contributed by atoms with van der Waals surface area (Å²) in [7, 11) is 0. The number of hydrogen-bond donors (Lipinski definition) is 0. The van der Waals surface area contributed by atoms with Crippen molar-refractivity contribution in [2.75, 3.05) is 0 Å². The van der Waals surface area contributed by atoms with Crippen LogP contribution in [0.1, 0.15) is 0 Å². The van der Waals surface area contributed by atoms with Crippen molar-refractivity contribution < 1.29 is 0 Å². The molecule has 0 aliphatic carbocycles. The van der Waals surface area contributed by atoms with Gasteiger partial charge in [0.2, 0.25) is 0 Å². The average molecular weight is 639 g/mol. The van der Waals surface area contributed by atoms with Gasteiger partial charge >= 0.3 is 0 Å². The van der Waals surface area contributed by atoms with Gasteiger partial charge in [-0.1, -0.05) is 146 Å². The molecule has 7 aromatic carbocycles. The lowest BCUT2D eigenvalue weighted by molar-refractivity contribution is 1.07. The van der Waals surface area contributed by atoms with Crippen LogP contribution >= 0.6 is 0 Å². The Morgan fingerprint density at radius 1 is 0.260 bits per heavy atom. The Bertz CT molecular complexity index is 2580. The zero-order valence-electron chi connectivity index (χ0n) is 27.1. The molecule has 2 heterocycles. The smallest absolute Gasteiger partial charge is 0.164 e. The van der Waals surface area contributed by atoms with Crippen molar-refractivity contribution in [2.45, 2.75) is 0 Å². The van der Waals surface area contributed by atoms with E-state index in [0.717, 1.165) is 38.9 Å². The normalized spacial score (nSPS) is 11.2. The molecule has 0 saturated carbocycles. The van der Waals surface area contributed by atoms with Gasteiger partial charge in [0.25, 0.3) is 0 Å². The maximum Gasteiger partial charge on any atom is 0.164 e. The standard InChI is InChI=1S/C46H30N4/c1-3-13-31(14-4-1)34-17-11-19-36(29-34)45-48-44(33-15-5-2-6-16-33)49-46(50-45)37-20-12-18-35(30-37)43-40-23-9-7-21-38(40)42(32-25-27-47-28-26-32)39-22-8-10-24-41(39)43/h1-30H. The molecule has 0 aliphatic rings. The van der Waals surface area contributed by atoms with Gasteiger partial charge in [-0.25, -0.2) is 15.0 Å². The first-order valence-corrected chi connectivity index (χ1v) is 16.7. The van der Waals surface area contributed by atoms with Crippen LogP contribution in [0, 0.1) is 0 Å². The van der Waals surface area contributed by atoms with E-state index in [9.17, 15) is 0 Å². The first kappa shape index (κ1) is 29.4. The first-order valence-electron chi connectivity index (χ1n) is 16.7. The van der Waals surface area contributed by atoms with Gasteiger partial charge in [0.05, 0.1) is 0 Å². The van der Waals surface area contributed by atoms with Crippen molar-refractivity contribution >= 4 is 21.5 Å². The van der Waals surface area contributed by atoms with E-state index >= 15 is 0 Å². The van der Waals surface area contributed by atoms with E-state index < -0.39 is 0 Å². The summed E-state index contributed by atoms with van der Waals surface area (Å²) < 4.78 is 0. The summed E-state index contributed by atoms with van der Waals surface area (Å²) in [6, 6.07) is 59.1. The highest BCUT2D eigenvalue weighted by molar-refractivity contribution is 6.21. The van der Waals surface area contributed by atoms with E-state index in [-0.39, 0.29) is 0 Å². The predicted octanol–water partition coefficient (Wildman–Crippen LogP) is 11.6. The summed E-state index contributed by atoms with van der Waals surface area (Å²) in [6.07, 6.45) is 3.72. The van der Waals surface area contributed by atoms with E-state index in [1.807, 2.05) is 48.8 Å². The fraction of sp³-hybridized carbons (Fsp3) is 0. The summed E-state index contributed by atoms with van der Waals surface area (Å²) in [6.45, 7) is 0. The second-order valence-corrected chi connectivity index (χ2v) is 12.3. The number of aromatic nitrogens is 4. The van der Waals surface area contributed by atoms with Crippen LogP contribution in [-0.2, 0) is 0 Å². The van der Waals surface area contributed by atoms with E-state index in [1.54, 1.807) is 0 Å². The van der Waals surface area contributed by atoms with Crippen molar-refractivity contribution in [3.8, 4) is 67.5 Å². The number of pyridine rings is 1. The van der Waals surface area contributed by atoms with Crippen molar-refractivity contribution in [1.82, 2.24) is 19.9 Å². The summed E-state index contributed by atoms with van der Waals surface area (Å²) in [4.78, 5) is 19.5. The van der Waals surface area contributed by atoms with Gasteiger partial charge in [-0.2, -0.15) is 0 Å². The molecule has 9 aromatic rings. The van der Waals surface area contributed by atoms with E-state index in [4.69, 9.17) is 15.0 Å². The number of fused-ring (bicyclic) bond motifs is 2. The summed E-state index contributed by atoms with van der Waals surface area (Å²) in [5.74, 6) is 1.90. The second-order valence-electron chi connectivity index (χ2n) is 12.3. The van der Waals surface area contributed by atoms with Crippen LogP contribution in [0.15, 0.2) is 182 Å². The highest BCUT2D eigenvalue weighted by Crippen LogP contribution is 2.44. The highest BCUT2D eigenvalue weighted by atomic mass is 15.0. The maximum atomic E-state index is 5.12. The Hall–Kier alpha value is -6.78. The molecule has 0 atom stereocenters. The summed E-state index contributed by atoms with van der Waals surface area (Å²) >= 11 is 0. The van der Waals surface area contributed by atoms with E-state index in [2.05, 4.69) is 138 Å². The number of nitrogens with zero attached hydrogens (tertiary/aromatic N) is 4. The molecule has 0 N–H and O–H groups in total. The van der Waals surface area contributed by atoms with Crippen molar-refractivity contribution in [1.29, 1.82) is 0 Å². The number of hydrogen-bond acceptors (Lipinski definition) is 4. The zero-order valence-corrected chi connectivity index (χ0v) is 27.1. The molecule has 0 aliphatic heterocycles. The lowest BCUT2D eigenvalue weighted by Gasteiger charge is -2.18. The quantitative estimate of drug-likeness (QED) is 0.170. The molecule has 9 rings (SSSR count). The van der Waals surface area contributed by atoms with Gasteiger partial charge in [-0.05, 0) is 79.2 Å². The molecule has 2 aromatic heterocycles. The molecule has 0 bridgehead atoms. The lowest BCUT2D eigenvalue weighted by atomic mass is 9.86. The fourth-order valence-electron chi connectivity index (χ4n) is 6.90. The van der Waals surface area contributed by atoms with Gasteiger partial charge in [-0.15, -0.1) is 0 Å². The molecule has 50 heavy (non-hydrogen) atoms. The van der Waals surface area contributed by atoms with Crippen LogP contribution in [0.25, 0.3) is 89.1 Å². The first-order chi connectivity index (χ1) is 24.8. The molecular weight excluding hydrogens is 609 g/mol. The third kappa shape index (κ3) is 5.39. The van der Waals surface area contributed by atoms with Crippen LogP contribution in [0.3, 0.4) is 0 Å². The Labute approximate surface area is 290 Å². The molecule has 0 radical (unpaired) electrons. The van der Waals surface area contributed by atoms with Crippen LogP contribution in [-0.4, -0.2) is 19.9 Å². The van der Waals surface area contributed by atoms with Gasteiger partial charge in [0.1, 0.15) is 0 Å². The molecule has 0 amide bonds. The minimum Gasteiger partial charge on any atom is -0.265 e. The fourth-order valence-corrected chi connectivity index (χ4v) is 6.90. The molecule has 4 nitrogen and oxygen atoms in total. The third-order valence-corrected chi connectivity index (χ3v) is 9.21. The van der Waals surface area contributed by atoms with Crippen molar-refractivity contribution in [2.24, 2.45) is 0 Å². The van der Waals surface area contributed by atoms with Crippen LogP contribution < -0.4 is 0 Å². The number of rotatable bonds is 6. The Morgan fingerprint density at radius 2 is 0.640 bits per heavy atom. The SMILES string of the molecule is c1ccc(-c2cccc(-c3nc(-c4ccccc4)nc(-c4cccc(-c5c6ccccc6c(-c6ccncc6)c6ccccc56)c4)n3)c2)cc1. The molecular formula is C46H30N4. The predicted molar refractivity (Wildman–Crippen MR) is 205 cm³/mol. The van der Waals surface area contributed by atoms with Crippen molar-refractivity contribution in [3.63, 3.8) is 0 Å². The average Bonchev–Trinajstić information content (AvgIpc) is 3.21. The van der Waals surface area contributed by atoms with Gasteiger partial charge in [0, 0.05) is 29.1 Å². The van der Waals surface area contributed by atoms with Gasteiger partial charge in [0.15, 0.2) is 17.5 Å². The Morgan fingerprint density at radius 3 is 1.18 bits per heavy atom. The molecule has 0 saturated heterocycles. The Kier molecular flexibility index (Phi) is 7.45. The maximum absolute atomic E-state index is 5.12. The molecule has 0 spiro atoms. The molecule has 0 fully saturated rings. The van der Waals surface area contributed by atoms with Gasteiger partial charge < -0.3 is 0 Å². The molecule has 4 heteroatoms. The molecule has 0 unspecified atom stereocenters. The van der Waals surface area contributed by atoms with Gasteiger partial charge in [-0.3, -0.25) is 4.98 Å². The minimum atomic E-state index is 0.628. The monoisotopic (exact) mass is 638 g/mol. The summed E-state index contributed by atoms with van der Waals surface area (Å²) in [5.41, 5.74) is 9.71. The van der Waals surface area contributed by atoms with Crippen molar-refractivity contribution in [3.05, 3.63) is 182 Å². The largest absolute Gasteiger partial charge is 0.265 e. The minimum absolute atomic E-state index is 0.628. The van der Waals surface area contributed by atoms with E-state index in [1.165, 1.54) is 32.7 Å². The van der Waals surface area contributed by atoms with E-state index in [0.29, 0.717) is 17.5 Å². The third-order valence-electron chi connectivity index (χ3n) is 9.21. The lowest BCUT2D eigenvalue weighted by Crippen LogP contribution is -2.00. The Balaban J connectivity index is 1.24. The molecule has 234 valence electrons. The summed E-state index contributed by atoms with van der Waals surface area (Å²) in [5, 5.41) is 4.78. The number of benzene rings is 7. The zero-order chi connectivity index (χ0) is 33.3. The van der Waals surface area contributed by atoms with Crippen LogP contribution in [0.5, 0.6) is 0 Å². The second kappa shape index (κ2) is 12.7. The topological polar surface area (TPSA) is 51.6 Å². The van der Waals surface area contributed by atoms with Crippen LogP contribution in [0.4, 0.5) is 0 Å². The highest BCUT2D eigenvalue weighted by Gasteiger charge is 2.18.